The third-order valence-corrected chi connectivity index (χ3v) is 13.7. The summed E-state index contributed by atoms with van der Waals surface area (Å²) >= 11 is 0. The predicted molar refractivity (Wildman–Crippen MR) is 273 cm³/mol. The van der Waals surface area contributed by atoms with Gasteiger partial charge in [0.25, 0.3) is 0 Å². The largest absolute Gasteiger partial charge is 0.508 e. The fraction of sp³-hybridized carbons (Fsp3) is 0.404. The molecular weight excluding hydrogens is 937 g/mol. The molecule has 2 aliphatic rings. The number of rotatable bonds is 17. The third kappa shape index (κ3) is 11.8. The summed E-state index contributed by atoms with van der Waals surface area (Å²) in [7, 11) is 0. The van der Waals surface area contributed by atoms with E-state index in [0.29, 0.717) is 99.1 Å². The van der Waals surface area contributed by atoms with Crippen molar-refractivity contribution in [1.82, 2.24) is 54.4 Å². The van der Waals surface area contributed by atoms with Crippen LogP contribution in [0.5, 0.6) is 23.0 Å². The molecule has 1 atom stereocenters. The molecule has 0 bridgehead atoms. The molecule has 21 heteroatoms. The number of nitrogens with zero attached hydrogens (tertiary/aromatic N) is 8. The Morgan fingerprint density at radius 3 is 1.38 bits per heavy atom. The van der Waals surface area contributed by atoms with Crippen LogP contribution in [0.25, 0.3) is 34.2 Å². The van der Waals surface area contributed by atoms with Crippen LogP contribution in [0.3, 0.4) is 0 Å². The molecule has 4 heterocycles. The van der Waals surface area contributed by atoms with Gasteiger partial charge in [0.2, 0.25) is 17.7 Å². The summed E-state index contributed by atoms with van der Waals surface area (Å²) < 4.78 is 2.75. The standard InChI is InChI=1S/C52H64N12O9/c1-31(2)37-25-39(44(67)27-42(37)65)48-55-57-51(72)63(48)35-9-5-33(6-10-35)29-59-17-21-61(22-18-59)46(69)14-13-41(53)50(71)54-16-15-47(70)62-23-19-60(20-24-62)30-34-7-11-36(12-8-34)64-49(56-58-52(64)73)40-26-38(32(3)4)43(66)28-45(40)68/h5-12,25-28,31-32,41,65-68H,13-24,29-30,53H2,1-4H3,(H,54,71)(H,57,72)(H,58,73)/t41-/m1/s1. The molecule has 2 aliphatic heterocycles. The second-order valence-electron chi connectivity index (χ2n) is 19.4. The average molecular weight is 1000 g/mol. The fourth-order valence-electron chi connectivity index (χ4n) is 9.38. The summed E-state index contributed by atoms with van der Waals surface area (Å²) in [5.41, 5.74) is 10.2. The minimum Gasteiger partial charge on any atom is -0.508 e. The van der Waals surface area contributed by atoms with Gasteiger partial charge in [-0.15, -0.1) is 0 Å². The van der Waals surface area contributed by atoms with Crippen molar-refractivity contribution in [2.45, 2.75) is 77.9 Å². The topological polar surface area (TPSA) is 284 Å². The Bertz CT molecular complexity index is 3050. The van der Waals surface area contributed by atoms with Gasteiger partial charge in [-0.2, -0.15) is 10.2 Å². The molecule has 8 rings (SSSR count). The van der Waals surface area contributed by atoms with E-state index in [9.17, 15) is 44.4 Å². The highest BCUT2D eigenvalue weighted by atomic mass is 16.3. The Hall–Kier alpha value is -7.75. The lowest BCUT2D eigenvalue weighted by Crippen LogP contribution is -2.49. The Kier molecular flexibility index (Phi) is 15.8. The number of hydrogen-bond donors (Lipinski definition) is 8. The van der Waals surface area contributed by atoms with Crippen molar-refractivity contribution in [3.05, 3.63) is 116 Å². The lowest BCUT2D eigenvalue weighted by atomic mass is 9.98. The van der Waals surface area contributed by atoms with E-state index in [1.54, 1.807) is 21.9 Å². The minimum absolute atomic E-state index is 0.0267. The summed E-state index contributed by atoms with van der Waals surface area (Å²) in [4.78, 5) is 72.8. The maximum Gasteiger partial charge on any atom is 0.348 e. The SMILES string of the molecule is CC(C)c1cc(-c2n[nH]c(=O)n2-c2ccc(CN3CCN(C(=O)CCNC(=O)[C@H](N)CCC(=O)N4CCN(Cc5ccc(-n6c(-c7cc(C(C)C)c(O)cc7O)n[nH]c6=O)cc5)CC4)CC3)cc2)c(O)cc1O. The van der Waals surface area contributed by atoms with E-state index in [0.717, 1.165) is 11.1 Å². The normalized spacial score (nSPS) is 15.1. The maximum absolute atomic E-state index is 13.1. The van der Waals surface area contributed by atoms with Crippen LogP contribution >= 0.6 is 0 Å². The molecule has 0 spiro atoms. The molecular formula is C52H64N12O9. The van der Waals surface area contributed by atoms with Crippen LogP contribution in [-0.2, 0) is 27.5 Å². The number of amides is 3. The number of aromatic hydroxyl groups is 4. The van der Waals surface area contributed by atoms with Crippen molar-refractivity contribution in [2.24, 2.45) is 5.73 Å². The molecule has 2 fully saturated rings. The van der Waals surface area contributed by atoms with Crippen LogP contribution in [0.15, 0.2) is 82.4 Å². The van der Waals surface area contributed by atoms with Gasteiger partial charge in [0.15, 0.2) is 11.6 Å². The van der Waals surface area contributed by atoms with Gasteiger partial charge in [-0.1, -0.05) is 52.0 Å². The molecule has 4 aromatic carbocycles. The van der Waals surface area contributed by atoms with Gasteiger partial charge >= 0.3 is 11.4 Å². The van der Waals surface area contributed by atoms with Crippen LogP contribution in [0, 0.1) is 0 Å². The molecule has 73 heavy (non-hydrogen) atoms. The summed E-state index contributed by atoms with van der Waals surface area (Å²) in [6, 6.07) is 19.8. The van der Waals surface area contributed by atoms with E-state index >= 15 is 0 Å². The van der Waals surface area contributed by atoms with Gasteiger partial charge in [-0.3, -0.25) is 24.2 Å². The number of H-pyrrole nitrogens is 2. The fourth-order valence-corrected chi connectivity index (χ4v) is 9.38. The quantitative estimate of drug-likeness (QED) is 0.0650. The molecule has 2 aromatic heterocycles. The van der Waals surface area contributed by atoms with Crippen molar-refractivity contribution in [3.63, 3.8) is 0 Å². The number of phenols is 4. The smallest absolute Gasteiger partial charge is 0.348 e. The third-order valence-electron chi connectivity index (χ3n) is 13.7. The Morgan fingerprint density at radius 1 is 0.589 bits per heavy atom. The maximum atomic E-state index is 13.1. The van der Waals surface area contributed by atoms with E-state index in [1.807, 2.05) is 76.2 Å². The van der Waals surface area contributed by atoms with Gasteiger partial charge in [0, 0.05) is 97.0 Å². The van der Waals surface area contributed by atoms with Crippen LogP contribution in [0.2, 0.25) is 0 Å². The van der Waals surface area contributed by atoms with E-state index in [2.05, 4.69) is 35.5 Å². The van der Waals surface area contributed by atoms with E-state index < -0.39 is 23.3 Å². The molecule has 386 valence electrons. The molecule has 2 saturated heterocycles. The molecule has 0 unspecified atom stereocenters. The van der Waals surface area contributed by atoms with Crippen molar-refractivity contribution in [1.29, 1.82) is 0 Å². The number of aromatic amines is 2. The van der Waals surface area contributed by atoms with Gasteiger partial charge in [-0.25, -0.2) is 28.9 Å². The first-order chi connectivity index (χ1) is 34.9. The second kappa shape index (κ2) is 22.3. The number of carbonyl (C=O) groups is 3. The van der Waals surface area contributed by atoms with Crippen LogP contribution in [0.1, 0.15) is 81.0 Å². The molecule has 0 saturated carbocycles. The molecule has 6 aromatic rings. The minimum atomic E-state index is -0.896. The van der Waals surface area contributed by atoms with Crippen molar-refractivity contribution in [3.8, 4) is 57.1 Å². The number of carbonyl (C=O) groups excluding carboxylic acids is 3. The highest BCUT2D eigenvalue weighted by Gasteiger charge is 2.26. The summed E-state index contributed by atoms with van der Waals surface area (Å²) in [6.07, 6.45) is 0.423. The monoisotopic (exact) mass is 1000 g/mol. The van der Waals surface area contributed by atoms with Gasteiger partial charge in [0.05, 0.1) is 28.5 Å². The number of hydrogen-bond acceptors (Lipinski definition) is 14. The van der Waals surface area contributed by atoms with Crippen molar-refractivity contribution >= 4 is 17.7 Å². The first-order valence-corrected chi connectivity index (χ1v) is 24.6. The Balaban J connectivity index is 0.722. The zero-order valence-corrected chi connectivity index (χ0v) is 41.5. The van der Waals surface area contributed by atoms with E-state index in [1.165, 1.54) is 21.3 Å². The summed E-state index contributed by atoms with van der Waals surface area (Å²) in [6.45, 7) is 13.8. The molecule has 0 radical (unpaired) electrons. The number of nitrogens with one attached hydrogen (secondary N) is 3. The first-order valence-electron chi connectivity index (χ1n) is 24.6. The number of nitrogens with two attached hydrogens (primary N) is 1. The van der Waals surface area contributed by atoms with Crippen LogP contribution in [-0.4, -0.2) is 152 Å². The lowest BCUT2D eigenvalue weighted by molar-refractivity contribution is -0.133. The van der Waals surface area contributed by atoms with Gasteiger partial charge < -0.3 is 41.3 Å². The summed E-state index contributed by atoms with van der Waals surface area (Å²) in [5, 5.41) is 58.0. The average Bonchev–Trinajstić information content (AvgIpc) is 3.95. The number of piperazine rings is 2. The van der Waals surface area contributed by atoms with Crippen LogP contribution in [0.4, 0.5) is 0 Å². The Labute approximate surface area is 421 Å². The van der Waals surface area contributed by atoms with E-state index in [-0.39, 0.29) is 84.1 Å². The lowest BCUT2D eigenvalue weighted by Gasteiger charge is -2.35. The molecule has 9 N–H and O–H groups in total. The zero-order valence-electron chi connectivity index (χ0n) is 41.5. The van der Waals surface area contributed by atoms with Crippen molar-refractivity contribution < 1.29 is 34.8 Å². The number of aromatic nitrogens is 6. The van der Waals surface area contributed by atoms with Gasteiger partial charge in [0.1, 0.15) is 23.0 Å². The molecule has 21 nitrogen and oxygen atoms in total. The highest BCUT2D eigenvalue weighted by molar-refractivity contribution is 5.84. The second-order valence-corrected chi connectivity index (χ2v) is 19.4. The Morgan fingerprint density at radius 2 is 0.986 bits per heavy atom. The van der Waals surface area contributed by atoms with Gasteiger partial charge in [-0.05, 0) is 76.9 Å². The number of phenolic OH excluding ortho intramolecular Hbond substituents is 4. The molecule has 0 aliphatic carbocycles. The summed E-state index contributed by atoms with van der Waals surface area (Å²) in [5.74, 6) is -0.639. The first kappa shape index (κ1) is 51.6. The predicted octanol–water partition coefficient (Wildman–Crippen LogP) is 3.44. The number of benzene rings is 4. The van der Waals surface area contributed by atoms with E-state index in [4.69, 9.17) is 5.73 Å². The highest BCUT2D eigenvalue weighted by Crippen LogP contribution is 2.39. The van der Waals surface area contributed by atoms with Crippen molar-refractivity contribution in [2.75, 3.05) is 58.9 Å². The van der Waals surface area contributed by atoms with Crippen LogP contribution < -0.4 is 22.4 Å². The molecule has 3 amide bonds. The zero-order chi connectivity index (χ0) is 52.1.